The van der Waals surface area contributed by atoms with Gasteiger partial charge in [0.25, 0.3) is 0 Å². The van der Waals surface area contributed by atoms with Crippen LogP contribution in [-0.2, 0) is 6.42 Å². The van der Waals surface area contributed by atoms with Gasteiger partial charge in [-0.15, -0.1) is 0 Å². The first kappa shape index (κ1) is 13.3. The molecule has 0 saturated carbocycles. The Morgan fingerprint density at radius 1 is 1.50 bits per heavy atom. The zero-order chi connectivity index (χ0) is 12.0. The molecule has 0 radical (unpaired) electrons. The van der Waals surface area contributed by atoms with Gasteiger partial charge in [0, 0.05) is 12.5 Å². The molecule has 0 amide bonds. The molecule has 1 aromatic rings. The van der Waals surface area contributed by atoms with Gasteiger partial charge in [-0.1, -0.05) is 23.7 Å². The summed E-state index contributed by atoms with van der Waals surface area (Å²) in [5, 5.41) is 0.553. The fourth-order valence-corrected chi connectivity index (χ4v) is 1.70. The zero-order valence-corrected chi connectivity index (χ0v) is 10.1. The zero-order valence-electron chi connectivity index (χ0n) is 9.38. The van der Waals surface area contributed by atoms with Crippen molar-refractivity contribution in [2.45, 2.75) is 25.8 Å². The van der Waals surface area contributed by atoms with Gasteiger partial charge < -0.3 is 10.5 Å². The number of hydrogen-bond acceptors (Lipinski definition) is 2. The maximum Gasteiger partial charge on any atom is 0.141 e. The third-order valence-electron chi connectivity index (χ3n) is 2.11. The van der Waals surface area contributed by atoms with Gasteiger partial charge >= 0.3 is 0 Å². The lowest BCUT2D eigenvalue weighted by Crippen LogP contribution is -2.18. The van der Waals surface area contributed by atoms with E-state index in [1.807, 2.05) is 19.1 Å². The summed E-state index contributed by atoms with van der Waals surface area (Å²) in [5.74, 6) is 0.634. The van der Waals surface area contributed by atoms with Crippen LogP contribution in [0.5, 0.6) is 5.75 Å². The van der Waals surface area contributed by atoms with Gasteiger partial charge in [-0.05, 0) is 25.0 Å². The van der Waals surface area contributed by atoms with E-state index in [0.717, 1.165) is 5.56 Å². The lowest BCUT2D eigenvalue weighted by atomic mass is 10.1. The second-order valence-electron chi connectivity index (χ2n) is 3.80. The molecule has 0 aromatic heterocycles. The molecule has 1 aromatic carbocycles. The van der Waals surface area contributed by atoms with Crippen molar-refractivity contribution < 1.29 is 9.13 Å². The fraction of sp³-hybridized carbons (Fsp3) is 0.500. The highest BCUT2D eigenvalue weighted by molar-refractivity contribution is 6.32. The molecule has 16 heavy (non-hydrogen) atoms. The second-order valence-corrected chi connectivity index (χ2v) is 4.21. The molecular weight excluding hydrogens is 229 g/mol. The van der Waals surface area contributed by atoms with Gasteiger partial charge in [-0.3, -0.25) is 4.39 Å². The smallest absolute Gasteiger partial charge is 0.141 e. The van der Waals surface area contributed by atoms with E-state index in [9.17, 15) is 4.39 Å². The Morgan fingerprint density at radius 3 is 2.88 bits per heavy atom. The molecular formula is C12H17ClFNO. The quantitative estimate of drug-likeness (QED) is 0.782. The van der Waals surface area contributed by atoms with Crippen molar-refractivity contribution >= 4 is 11.6 Å². The molecule has 0 heterocycles. The Morgan fingerprint density at radius 2 is 2.25 bits per heavy atom. The topological polar surface area (TPSA) is 35.2 Å². The third-order valence-corrected chi connectivity index (χ3v) is 2.41. The Kier molecular flexibility index (Phi) is 5.56. The second kappa shape index (κ2) is 6.71. The molecule has 1 unspecified atom stereocenters. The number of alkyl halides is 1. The molecule has 1 atom stereocenters. The van der Waals surface area contributed by atoms with Gasteiger partial charge in [0.2, 0.25) is 0 Å². The van der Waals surface area contributed by atoms with Gasteiger partial charge in [-0.25, -0.2) is 0 Å². The molecule has 2 N–H and O–H groups in total. The molecule has 0 aliphatic heterocycles. The highest BCUT2D eigenvalue weighted by Gasteiger charge is 2.09. The van der Waals surface area contributed by atoms with Crippen LogP contribution in [0.2, 0.25) is 5.02 Å². The number of ether oxygens (including phenoxy) is 1. The number of nitrogens with two attached hydrogens (primary N) is 1. The maximum absolute atomic E-state index is 12.0. The van der Waals surface area contributed by atoms with Crippen LogP contribution in [0.1, 0.15) is 18.9 Å². The minimum atomic E-state index is -0.382. The summed E-state index contributed by atoms with van der Waals surface area (Å²) in [7, 11) is 0. The van der Waals surface area contributed by atoms with E-state index in [0.29, 0.717) is 30.2 Å². The summed E-state index contributed by atoms with van der Waals surface area (Å²) in [5.41, 5.74) is 6.71. The van der Waals surface area contributed by atoms with Crippen molar-refractivity contribution in [1.82, 2.24) is 0 Å². The Labute approximate surface area is 101 Å². The standard InChI is InChI=1S/C12H17ClFNO/c1-9(15)8-10-4-2-5-11(13)12(10)16-7-3-6-14/h2,4-5,9H,3,6-8,15H2,1H3. The average Bonchev–Trinajstić information content (AvgIpc) is 2.21. The van der Waals surface area contributed by atoms with Crippen molar-refractivity contribution in [3.63, 3.8) is 0 Å². The van der Waals surface area contributed by atoms with E-state index in [1.54, 1.807) is 6.07 Å². The van der Waals surface area contributed by atoms with Crippen molar-refractivity contribution in [3.8, 4) is 5.75 Å². The van der Waals surface area contributed by atoms with Crippen LogP contribution in [0, 0.1) is 0 Å². The molecule has 90 valence electrons. The lowest BCUT2D eigenvalue weighted by molar-refractivity contribution is 0.287. The average molecular weight is 246 g/mol. The Balaban J connectivity index is 2.77. The molecule has 1 rings (SSSR count). The van der Waals surface area contributed by atoms with Crippen LogP contribution < -0.4 is 10.5 Å². The summed E-state index contributed by atoms with van der Waals surface area (Å²) in [4.78, 5) is 0. The van der Waals surface area contributed by atoms with E-state index in [2.05, 4.69) is 0 Å². The SMILES string of the molecule is CC(N)Cc1cccc(Cl)c1OCCCF. The largest absolute Gasteiger partial charge is 0.492 e. The van der Waals surface area contributed by atoms with Gasteiger partial charge in [0.1, 0.15) is 5.75 Å². The van der Waals surface area contributed by atoms with Crippen LogP contribution in [0.25, 0.3) is 0 Å². The van der Waals surface area contributed by atoms with E-state index >= 15 is 0 Å². The van der Waals surface area contributed by atoms with Crippen LogP contribution in [0.4, 0.5) is 4.39 Å². The number of hydrogen-bond donors (Lipinski definition) is 1. The van der Waals surface area contributed by atoms with Crippen LogP contribution in [-0.4, -0.2) is 19.3 Å². The van der Waals surface area contributed by atoms with Crippen molar-refractivity contribution in [1.29, 1.82) is 0 Å². The van der Waals surface area contributed by atoms with Gasteiger partial charge in [0.15, 0.2) is 0 Å². The lowest BCUT2D eigenvalue weighted by Gasteiger charge is -2.14. The van der Waals surface area contributed by atoms with Crippen molar-refractivity contribution in [3.05, 3.63) is 28.8 Å². The fourth-order valence-electron chi connectivity index (χ4n) is 1.45. The van der Waals surface area contributed by atoms with Gasteiger partial charge in [-0.2, -0.15) is 0 Å². The molecule has 0 aliphatic carbocycles. The highest BCUT2D eigenvalue weighted by Crippen LogP contribution is 2.29. The van der Waals surface area contributed by atoms with Crippen molar-refractivity contribution in [2.24, 2.45) is 5.73 Å². The predicted molar refractivity (Wildman–Crippen MR) is 64.9 cm³/mol. The van der Waals surface area contributed by atoms with E-state index in [-0.39, 0.29) is 12.7 Å². The minimum absolute atomic E-state index is 0.0435. The summed E-state index contributed by atoms with van der Waals surface area (Å²) in [6.45, 7) is 1.88. The molecule has 0 fully saturated rings. The molecule has 2 nitrogen and oxygen atoms in total. The third kappa shape index (κ3) is 3.99. The molecule has 4 heteroatoms. The first-order chi connectivity index (χ1) is 7.65. The highest BCUT2D eigenvalue weighted by atomic mass is 35.5. The number of rotatable bonds is 6. The molecule has 0 saturated heterocycles. The van der Waals surface area contributed by atoms with Gasteiger partial charge in [0.05, 0.1) is 18.3 Å². The summed E-state index contributed by atoms with van der Waals surface area (Å²) < 4.78 is 17.5. The van der Waals surface area contributed by atoms with Crippen LogP contribution in [0.15, 0.2) is 18.2 Å². The Bertz CT molecular complexity index is 331. The molecule has 0 bridgehead atoms. The summed E-state index contributed by atoms with van der Waals surface area (Å²) >= 11 is 6.03. The summed E-state index contributed by atoms with van der Waals surface area (Å²) in [6.07, 6.45) is 1.08. The van der Waals surface area contributed by atoms with E-state index in [4.69, 9.17) is 22.1 Å². The number of benzene rings is 1. The maximum atomic E-state index is 12.0. The molecule has 0 spiro atoms. The number of halogens is 2. The van der Waals surface area contributed by atoms with E-state index in [1.165, 1.54) is 0 Å². The predicted octanol–water partition coefficient (Wildman–Crippen LogP) is 2.97. The van der Waals surface area contributed by atoms with E-state index < -0.39 is 0 Å². The Hall–Kier alpha value is -0.800. The van der Waals surface area contributed by atoms with Crippen LogP contribution in [0.3, 0.4) is 0 Å². The monoisotopic (exact) mass is 245 g/mol. The van der Waals surface area contributed by atoms with Crippen LogP contribution >= 0.6 is 11.6 Å². The first-order valence-electron chi connectivity index (χ1n) is 5.37. The molecule has 0 aliphatic rings. The minimum Gasteiger partial charge on any atom is -0.492 e. The number of para-hydroxylation sites is 1. The normalized spacial score (nSPS) is 12.5. The summed E-state index contributed by atoms with van der Waals surface area (Å²) in [6, 6.07) is 5.60. The first-order valence-corrected chi connectivity index (χ1v) is 5.74. The van der Waals surface area contributed by atoms with Crippen molar-refractivity contribution in [2.75, 3.05) is 13.3 Å².